The lowest BCUT2D eigenvalue weighted by molar-refractivity contribution is -0.142. The van der Waals surface area contributed by atoms with Gasteiger partial charge in [-0.1, -0.05) is 44.5 Å². The van der Waals surface area contributed by atoms with Gasteiger partial charge in [0.1, 0.15) is 0 Å². The van der Waals surface area contributed by atoms with Gasteiger partial charge in [0.2, 0.25) is 0 Å². The smallest absolute Gasteiger partial charge is 0.311 e. The van der Waals surface area contributed by atoms with E-state index in [4.69, 9.17) is 20.8 Å². The molecule has 1 heterocycles. The second-order valence-electron chi connectivity index (χ2n) is 10.1. The van der Waals surface area contributed by atoms with Gasteiger partial charge in [-0.2, -0.15) is 0 Å². The Balaban J connectivity index is 1.95. The van der Waals surface area contributed by atoms with Crippen molar-refractivity contribution >= 4 is 31.6 Å². The molecule has 2 N–H and O–H groups in total. The highest BCUT2D eigenvalue weighted by Crippen LogP contribution is 2.39. The number of esters is 1. The van der Waals surface area contributed by atoms with Crippen molar-refractivity contribution in [3.05, 3.63) is 58.9 Å². The van der Waals surface area contributed by atoms with Crippen molar-refractivity contribution in [2.45, 2.75) is 71.3 Å². The number of carbonyl (C=O) groups is 1. The van der Waals surface area contributed by atoms with E-state index >= 15 is 0 Å². The van der Waals surface area contributed by atoms with Gasteiger partial charge in [-0.05, 0) is 61.8 Å². The third-order valence-corrected chi connectivity index (χ3v) is 10.9. The van der Waals surface area contributed by atoms with E-state index in [-0.39, 0.29) is 29.6 Å². The number of rotatable bonds is 12. The molecule has 0 amide bonds. The standard InChI is InChI=1S/C26H40ClN3O3Si/c1-8-32-25(31)15-22-12-13-23(17-30-22)29-16-19(2)28-18-24(20-10-9-11-21(27)14-20)33-34(6,7)26(3,4)5/h9-14,17,19,24,28-29H,8,15-16,18H2,1-7H3. The molecular formula is C26H40ClN3O3Si. The summed E-state index contributed by atoms with van der Waals surface area (Å²) in [6.07, 6.45) is 1.85. The number of aromatic nitrogens is 1. The first-order chi connectivity index (χ1) is 15.9. The lowest BCUT2D eigenvalue weighted by Crippen LogP contribution is -2.44. The molecule has 1 aromatic carbocycles. The Morgan fingerprint density at radius 2 is 1.91 bits per heavy atom. The molecule has 0 aliphatic rings. The van der Waals surface area contributed by atoms with Gasteiger partial charge in [-0.3, -0.25) is 9.78 Å². The molecule has 0 saturated heterocycles. The van der Waals surface area contributed by atoms with Crippen LogP contribution in [0.1, 0.15) is 52.0 Å². The Bertz CT molecular complexity index is 916. The largest absolute Gasteiger partial charge is 0.466 e. The predicted octanol–water partition coefficient (Wildman–Crippen LogP) is 5.99. The number of nitrogens with one attached hydrogen (secondary N) is 2. The molecule has 6 nitrogen and oxygen atoms in total. The van der Waals surface area contributed by atoms with Crippen molar-refractivity contribution in [2.24, 2.45) is 0 Å². The Hall–Kier alpha value is -1.93. The molecule has 34 heavy (non-hydrogen) atoms. The van der Waals surface area contributed by atoms with Gasteiger partial charge in [0.25, 0.3) is 0 Å². The van der Waals surface area contributed by atoms with Crippen LogP contribution >= 0.6 is 11.6 Å². The SMILES string of the molecule is CCOC(=O)Cc1ccc(NCC(C)NCC(O[Si](C)(C)C(C)(C)C)c2cccc(Cl)c2)cn1. The lowest BCUT2D eigenvalue weighted by Gasteiger charge is -2.39. The topological polar surface area (TPSA) is 72.5 Å². The monoisotopic (exact) mass is 505 g/mol. The van der Waals surface area contributed by atoms with Gasteiger partial charge in [0, 0.05) is 24.2 Å². The Morgan fingerprint density at radius 1 is 1.18 bits per heavy atom. The predicted molar refractivity (Wildman–Crippen MR) is 143 cm³/mol. The molecule has 0 bridgehead atoms. The summed E-state index contributed by atoms with van der Waals surface area (Å²) < 4.78 is 11.7. The van der Waals surface area contributed by atoms with Crippen molar-refractivity contribution in [3.8, 4) is 0 Å². The van der Waals surface area contributed by atoms with Crippen LogP contribution in [0.15, 0.2) is 42.6 Å². The maximum Gasteiger partial charge on any atom is 0.311 e. The van der Waals surface area contributed by atoms with E-state index in [1.165, 1.54) is 0 Å². The minimum absolute atomic E-state index is 0.0779. The van der Waals surface area contributed by atoms with Crippen LogP contribution in [0.25, 0.3) is 0 Å². The van der Waals surface area contributed by atoms with Gasteiger partial charge in [0.05, 0.1) is 36.7 Å². The molecule has 1 aromatic heterocycles. The van der Waals surface area contributed by atoms with Crippen LogP contribution in [0.3, 0.4) is 0 Å². The number of pyridine rings is 1. The number of hydrogen-bond acceptors (Lipinski definition) is 6. The molecule has 0 fully saturated rings. The fourth-order valence-electron chi connectivity index (χ4n) is 3.11. The first-order valence-electron chi connectivity index (χ1n) is 11.9. The van der Waals surface area contributed by atoms with Gasteiger partial charge in [-0.15, -0.1) is 0 Å². The van der Waals surface area contributed by atoms with Crippen LogP contribution in [0.2, 0.25) is 23.2 Å². The molecule has 0 saturated carbocycles. The van der Waals surface area contributed by atoms with E-state index in [1.54, 1.807) is 13.1 Å². The molecule has 0 spiro atoms. The molecular weight excluding hydrogens is 466 g/mol. The molecule has 2 rings (SSSR count). The third kappa shape index (κ3) is 9.02. The highest BCUT2D eigenvalue weighted by molar-refractivity contribution is 6.74. The quantitative estimate of drug-likeness (QED) is 0.272. The summed E-state index contributed by atoms with van der Waals surface area (Å²) in [6.45, 7) is 17.0. The molecule has 0 radical (unpaired) electrons. The van der Waals surface area contributed by atoms with E-state index < -0.39 is 8.32 Å². The number of nitrogens with zero attached hydrogens (tertiary/aromatic N) is 1. The number of ether oxygens (including phenoxy) is 1. The molecule has 188 valence electrons. The third-order valence-electron chi connectivity index (χ3n) is 6.18. The van der Waals surface area contributed by atoms with Crippen LogP contribution < -0.4 is 10.6 Å². The zero-order chi connectivity index (χ0) is 25.4. The minimum Gasteiger partial charge on any atom is -0.466 e. The Labute approximate surface area is 210 Å². The van der Waals surface area contributed by atoms with Crippen molar-refractivity contribution in [3.63, 3.8) is 0 Å². The number of benzene rings is 1. The molecule has 0 aliphatic heterocycles. The fraction of sp³-hybridized carbons (Fsp3) is 0.538. The van der Waals surface area contributed by atoms with Crippen LogP contribution in [0.5, 0.6) is 0 Å². The maximum absolute atomic E-state index is 11.6. The minimum atomic E-state index is -1.97. The van der Waals surface area contributed by atoms with Crippen molar-refractivity contribution in [1.29, 1.82) is 0 Å². The first kappa shape index (κ1) is 28.3. The Kier molecular flexibility index (Phi) is 10.6. The first-order valence-corrected chi connectivity index (χ1v) is 15.2. The molecule has 0 aliphatic carbocycles. The highest BCUT2D eigenvalue weighted by atomic mass is 35.5. The number of hydrogen-bond donors (Lipinski definition) is 2. The molecule has 8 heteroatoms. The number of anilines is 1. The number of carbonyl (C=O) groups excluding carboxylic acids is 1. The van der Waals surface area contributed by atoms with Crippen molar-refractivity contribution < 1.29 is 14.0 Å². The zero-order valence-electron chi connectivity index (χ0n) is 21.6. The van der Waals surface area contributed by atoms with Crippen LogP contribution in [-0.4, -0.2) is 45.0 Å². The van der Waals surface area contributed by atoms with Crippen LogP contribution in [-0.2, 0) is 20.4 Å². The molecule has 2 aromatic rings. The summed E-state index contributed by atoms with van der Waals surface area (Å²) in [6, 6.07) is 11.9. The number of halogens is 1. The summed E-state index contributed by atoms with van der Waals surface area (Å²) in [5.74, 6) is -0.261. The van der Waals surface area contributed by atoms with Gasteiger partial charge in [0.15, 0.2) is 8.32 Å². The highest BCUT2D eigenvalue weighted by Gasteiger charge is 2.39. The average Bonchev–Trinajstić information content (AvgIpc) is 2.75. The second-order valence-corrected chi connectivity index (χ2v) is 15.3. The van der Waals surface area contributed by atoms with Crippen LogP contribution in [0, 0.1) is 0 Å². The fourth-order valence-corrected chi connectivity index (χ4v) is 4.59. The Morgan fingerprint density at radius 3 is 2.50 bits per heavy atom. The van der Waals surface area contributed by atoms with E-state index in [9.17, 15) is 4.79 Å². The van der Waals surface area contributed by atoms with Gasteiger partial charge in [-0.25, -0.2) is 0 Å². The van der Waals surface area contributed by atoms with E-state index in [0.717, 1.165) is 22.8 Å². The molecule has 2 unspecified atom stereocenters. The normalized spacial score (nSPS) is 13.9. The van der Waals surface area contributed by atoms with Crippen molar-refractivity contribution in [2.75, 3.05) is 25.0 Å². The summed E-state index contributed by atoms with van der Waals surface area (Å²) >= 11 is 6.28. The summed E-state index contributed by atoms with van der Waals surface area (Å²) in [7, 11) is -1.97. The van der Waals surface area contributed by atoms with E-state index in [0.29, 0.717) is 18.8 Å². The summed E-state index contributed by atoms with van der Waals surface area (Å²) in [4.78, 5) is 16.0. The van der Waals surface area contributed by atoms with Gasteiger partial charge < -0.3 is 19.8 Å². The molecule has 2 atom stereocenters. The second kappa shape index (κ2) is 12.7. The summed E-state index contributed by atoms with van der Waals surface area (Å²) in [5, 5.41) is 7.84. The maximum atomic E-state index is 11.6. The van der Waals surface area contributed by atoms with E-state index in [1.807, 2.05) is 30.3 Å². The van der Waals surface area contributed by atoms with Crippen LogP contribution in [0.4, 0.5) is 5.69 Å². The van der Waals surface area contributed by atoms with Crippen molar-refractivity contribution in [1.82, 2.24) is 10.3 Å². The lowest BCUT2D eigenvalue weighted by atomic mass is 10.1. The summed E-state index contributed by atoms with van der Waals surface area (Å²) in [5.41, 5.74) is 2.69. The zero-order valence-corrected chi connectivity index (χ0v) is 23.3. The van der Waals surface area contributed by atoms with Gasteiger partial charge >= 0.3 is 5.97 Å². The average molecular weight is 506 g/mol. The van der Waals surface area contributed by atoms with E-state index in [2.05, 4.69) is 62.5 Å².